The van der Waals surface area contributed by atoms with Crippen LogP contribution in [-0.4, -0.2) is 43.4 Å². The van der Waals surface area contributed by atoms with Crippen LogP contribution in [-0.2, 0) is 0 Å². The molecule has 0 bridgehead atoms. The topological polar surface area (TPSA) is 41.9 Å². The summed E-state index contributed by atoms with van der Waals surface area (Å²) in [6.45, 7) is 2.20. The molecule has 4 nitrogen and oxygen atoms in total. The zero-order valence-electron chi connectivity index (χ0n) is 16.9. The number of para-hydroxylation sites is 2. The van der Waals surface area contributed by atoms with Gasteiger partial charge in [-0.25, -0.2) is 0 Å². The van der Waals surface area contributed by atoms with Gasteiger partial charge in [0.05, 0.1) is 13.2 Å². The summed E-state index contributed by atoms with van der Waals surface area (Å²) in [6.07, 6.45) is 0.713. The Kier molecular flexibility index (Phi) is 8.11. The molecule has 0 saturated carbocycles. The SMILES string of the molecule is COc1ccccc1OCCN(CCCO)C(c1ccccc1)c1ccccc1. The Morgan fingerprint density at radius 1 is 0.759 bits per heavy atom. The molecule has 4 heteroatoms. The first kappa shape index (κ1) is 20.9. The molecule has 0 aromatic heterocycles. The lowest BCUT2D eigenvalue weighted by molar-refractivity contribution is 0.160. The van der Waals surface area contributed by atoms with Gasteiger partial charge in [-0.1, -0.05) is 72.8 Å². The summed E-state index contributed by atoms with van der Waals surface area (Å²) in [7, 11) is 1.65. The van der Waals surface area contributed by atoms with Crippen molar-refractivity contribution in [3.05, 3.63) is 96.1 Å². The van der Waals surface area contributed by atoms with Gasteiger partial charge in [0.25, 0.3) is 0 Å². The van der Waals surface area contributed by atoms with Crippen LogP contribution in [0.25, 0.3) is 0 Å². The van der Waals surface area contributed by atoms with Crippen molar-refractivity contribution in [2.24, 2.45) is 0 Å². The number of ether oxygens (including phenoxy) is 2. The molecule has 0 amide bonds. The minimum absolute atomic E-state index is 0.102. The van der Waals surface area contributed by atoms with E-state index in [0.29, 0.717) is 13.0 Å². The molecule has 0 radical (unpaired) electrons. The lowest BCUT2D eigenvalue weighted by Gasteiger charge is -2.32. The number of methoxy groups -OCH3 is 1. The van der Waals surface area contributed by atoms with Crippen LogP contribution in [0.15, 0.2) is 84.9 Å². The van der Waals surface area contributed by atoms with E-state index in [4.69, 9.17) is 9.47 Å². The van der Waals surface area contributed by atoms with Crippen molar-refractivity contribution in [3.63, 3.8) is 0 Å². The van der Waals surface area contributed by atoms with Gasteiger partial charge in [0.2, 0.25) is 0 Å². The number of rotatable bonds is 11. The van der Waals surface area contributed by atoms with E-state index in [1.807, 2.05) is 36.4 Å². The van der Waals surface area contributed by atoms with E-state index in [9.17, 15) is 5.11 Å². The first-order chi connectivity index (χ1) is 14.3. The van der Waals surface area contributed by atoms with Gasteiger partial charge in [0, 0.05) is 19.7 Å². The molecule has 3 aromatic carbocycles. The van der Waals surface area contributed by atoms with Gasteiger partial charge in [0.1, 0.15) is 6.61 Å². The lowest BCUT2D eigenvalue weighted by Crippen LogP contribution is -2.34. The van der Waals surface area contributed by atoms with Gasteiger partial charge in [0.15, 0.2) is 11.5 Å². The van der Waals surface area contributed by atoms with Crippen molar-refractivity contribution < 1.29 is 14.6 Å². The molecular weight excluding hydrogens is 362 g/mol. The summed E-state index contributed by atoms with van der Waals surface area (Å²) in [5.41, 5.74) is 2.46. The van der Waals surface area contributed by atoms with Crippen LogP contribution in [0.4, 0.5) is 0 Å². The third kappa shape index (κ3) is 5.83. The predicted molar refractivity (Wildman–Crippen MR) is 116 cm³/mol. The van der Waals surface area contributed by atoms with Crippen LogP contribution in [0.2, 0.25) is 0 Å². The maximum absolute atomic E-state index is 9.44. The monoisotopic (exact) mass is 391 g/mol. The standard InChI is InChI=1S/C25H29NO3/c1-28-23-15-8-9-16-24(23)29-20-18-26(17-10-19-27)25(21-11-4-2-5-12-21)22-13-6-3-7-14-22/h2-9,11-16,25,27H,10,17-20H2,1H3. The molecule has 0 aliphatic rings. The van der Waals surface area contributed by atoms with Crippen LogP contribution in [0.5, 0.6) is 11.5 Å². The Balaban J connectivity index is 1.80. The second kappa shape index (κ2) is 11.2. The second-order valence-corrected chi connectivity index (χ2v) is 6.84. The second-order valence-electron chi connectivity index (χ2n) is 6.84. The van der Waals surface area contributed by atoms with Gasteiger partial charge < -0.3 is 14.6 Å². The predicted octanol–water partition coefficient (Wildman–Crippen LogP) is 4.55. The fourth-order valence-corrected chi connectivity index (χ4v) is 3.54. The largest absolute Gasteiger partial charge is 0.493 e. The molecule has 0 spiro atoms. The molecular formula is C25H29NO3. The zero-order valence-corrected chi connectivity index (χ0v) is 16.9. The van der Waals surface area contributed by atoms with E-state index in [2.05, 4.69) is 53.4 Å². The van der Waals surface area contributed by atoms with Gasteiger partial charge >= 0.3 is 0 Å². The molecule has 0 aliphatic heterocycles. The van der Waals surface area contributed by atoms with Crippen LogP contribution in [0, 0.1) is 0 Å². The third-order valence-electron chi connectivity index (χ3n) is 4.90. The van der Waals surface area contributed by atoms with Crippen molar-refractivity contribution >= 4 is 0 Å². The summed E-state index contributed by atoms with van der Waals surface area (Å²) in [6, 6.07) is 28.8. The van der Waals surface area contributed by atoms with E-state index >= 15 is 0 Å². The van der Waals surface area contributed by atoms with Crippen molar-refractivity contribution in [1.82, 2.24) is 4.90 Å². The molecule has 0 heterocycles. The Morgan fingerprint density at radius 3 is 1.86 bits per heavy atom. The molecule has 152 valence electrons. The average Bonchev–Trinajstić information content (AvgIpc) is 2.79. The van der Waals surface area contributed by atoms with Crippen molar-refractivity contribution in [1.29, 1.82) is 0 Å². The minimum atomic E-state index is 0.102. The van der Waals surface area contributed by atoms with Gasteiger partial charge in [-0.2, -0.15) is 0 Å². The van der Waals surface area contributed by atoms with E-state index in [-0.39, 0.29) is 12.6 Å². The number of aliphatic hydroxyl groups excluding tert-OH is 1. The van der Waals surface area contributed by atoms with Crippen LogP contribution >= 0.6 is 0 Å². The smallest absolute Gasteiger partial charge is 0.161 e. The highest BCUT2D eigenvalue weighted by Crippen LogP contribution is 2.29. The summed E-state index contributed by atoms with van der Waals surface area (Å²) in [5.74, 6) is 1.48. The fraction of sp³-hybridized carbons (Fsp3) is 0.280. The van der Waals surface area contributed by atoms with Gasteiger partial charge in [-0.05, 0) is 29.7 Å². The van der Waals surface area contributed by atoms with Crippen LogP contribution < -0.4 is 9.47 Å². The highest BCUT2D eigenvalue weighted by Gasteiger charge is 2.22. The molecule has 0 unspecified atom stereocenters. The van der Waals surface area contributed by atoms with Crippen LogP contribution in [0.1, 0.15) is 23.6 Å². The molecule has 0 saturated heterocycles. The molecule has 0 fully saturated rings. The Morgan fingerprint density at radius 2 is 1.31 bits per heavy atom. The molecule has 29 heavy (non-hydrogen) atoms. The van der Waals surface area contributed by atoms with E-state index in [0.717, 1.165) is 24.6 Å². The molecule has 0 atom stereocenters. The number of benzene rings is 3. The Hall–Kier alpha value is -2.82. The molecule has 0 aliphatic carbocycles. The van der Waals surface area contributed by atoms with Gasteiger partial charge in [-0.3, -0.25) is 4.90 Å². The molecule has 3 aromatic rings. The van der Waals surface area contributed by atoms with Crippen LogP contribution in [0.3, 0.4) is 0 Å². The molecule has 3 rings (SSSR count). The highest BCUT2D eigenvalue weighted by molar-refractivity contribution is 5.39. The van der Waals surface area contributed by atoms with E-state index < -0.39 is 0 Å². The first-order valence-corrected chi connectivity index (χ1v) is 10.0. The maximum atomic E-state index is 9.44. The summed E-state index contributed by atoms with van der Waals surface area (Å²) in [5, 5.41) is 9.44. The summed E-state index contributed by atoms with van der Waals surface area (Å²) >= 11 is 0. The highest BCUT2D eigenvalue weighted by atomic mass is 16.5. The number of nitrogens with zero attached hydrogens (tertiary/aromatic N) is 1. The summed E-state index contributed by atoms with van der Waals surface area (Å²) in [4.78, 5) is 2.37. The zero-order chi connectivity index (χ0) is 20.3. The third-order valence-corrected chi connectivity index (χ3v) is 4.90. The Labute approximate surface area is 173 Å². The minimum Gasteiger partial charge on any atom is -0.493 e. The van der Waals surface area contributed by atoms with Gasteiger partial charge in [-0.15, -0.1) is 0 Å². The van der Waals surface area contributed by atoms with Crippen molar-refractivity contribution in [2.75, 3.05) is 33.4 Å². The van der Waals surface area contributed by atoms with E-state index in [1.165, 1.54) is 11.1 Å². The normalized spacial score (nSPS) is 11.0. The summed E-state index contributed by atoms with van der Waals surface area (Å²) < 4.78 is 11.4. The number of hydrogen-bond acceptors (Lipinski definition) is 4. The number of hydrogen-bond donors (Lipinski definition) is 1. The lowest BCUT2D eigenvalue weighted by atomic mass is 9.97. The fourth-order valence-electron chi connectivity index (χ4n) is 3.54. The first-order valence-electron chi connectivity index (χ1n) is 10.0. The maximum Gasteiger partial charge on any atom is 0.161 e. The average molecular weight is 392 g/mol. The number of aliphatic hydroxyl groups is 1. The molecule has 1 N–H and O–H groups in total. The van der Waals surface area contributed by atoms with Crippen molar-refractivity contribution in [2.45, 2.75) is 12.5 Å². The Bertz CT molecular complexity index is 799. The van der Waals surface area contributed by atoms with E-state index in [1.54, 1.807) is 7.11 Å². The van der Waals surface area contributed by atoms with Crippen molar-refractivity contribution in [3.8, 4) is 11.5 Å². The quantitative estimate of drug-likeness (QED) is 0.521.